The predicted octanol–water partition coefficient (Wildman–Crippen LogP) is 2.84. The molecule has 1 aliphatic carbocycles. The van der Waals surface area contributed by atoms with Crippen LogP contribution in [0.25, 0.3) is 0 Å². The van der Waals surface area contributed by atoms with E-state index in [1.165, 1.54) is 25.5 Å². The van der Waals surface area contributed by atoms with Crippen molar-refractivity contribution in [2.45, 2.75) is 44.6 Å². The number of rotatable bonds is 7. The van der Waals surface area contributed by atoms with Gasteiger partial charge in [0.2, 0.25) is 0 Å². The number of amides is 1. The van der Waals surface area contributed by atoms with Crippen LogP contribution in [0.2, 0.25) is 0 Å². The van der Waals surface area contributed by atoms with Crippen LogP contribution in [0.4, 0.5) is 0 Å². The van der Waals surface area contributed by atoms with Crippen LogP contribution in [0, 0.1) is 0 Å². The number of ether oxygens (including phenoxy) is 2. The molecule has 1 aromatic heterocycles. The molecule has 1 fully saturated rings. The summed E-state index contributed by atoms with van der Waals surface area (Å²) in [7, 11) is 3.25. The molecule has 1 N–H and O–H groups in total. The van der Waals surface area contributed by atoms with E-state index in [4.69, 9.17) is 9.47 Å². The standard InChI is InChI=1S/C19H26N4O3/c1-25-17-9-8-14(12-18(17)26-2)10-11-23(15-6-4-3-5-7-15)19(24)16-13-20-22-21-16/h8-9,12-13,15H,3-7,10-11H2,1-2H3,(H,20,21,22). The number of aromatic nitrogens is 3. The van der Waals surface area contributed by atoms with Gasteiger partial charge < -0.3 is 14.4 Å². The number of hydrogen-bond acceptors (Lipinski definition) is 5. The van der Waals surface area contributed by atoms with Crippen LogP contribution in [-0.4, -0.2) is 53.0 Å². The van der Waals surface area contributed by atoms with Crippen molar-refractivity contribution in [2.75, 3.05) is 20.8 Å². The first-order valence-corrected chi connectivity index (χ1v) is 9.10. The highest BCUT2D eigenvalue weighted by atomic mass is 16.5. The Bertz CT molecular complexity index is 712. The van der Waals surface area contributed by atoms with Crippen LogP contribution >= 0.6 is 0 Å². The largest absolute Gasteiger partial charge is 0.493 e. The maximum atomic E-state index is 12.9. The molecule has 7 heteroatoms. The average molecular weight is 358 g/mol. The van der Waals surface area contributed by atoms with E-state index in [9.17, 15) is 4.79 Å². The lowest BCUT2D eigenvalue weighted by Crippen LogP contribution is -2.42. The van der Waals surface area contributed by atoms with Gasteiger partial charge in [0.15, 0.2) is 17.2 Å². The second-order valence-electron chi connectivity index (χ2n) is 6.58. The van der Waals surface area contributed by atoms with E-state index in [0.29, 0.717) is 23.7 Å². The van der Waals surface area contributed by atoms with Gasteiger partial charge in [-0.1, -0.05) is 25.3 Å². The van der Waals surface area contributed by atoms with Gasteiger partial charge in [-0.05, 0) is 37.0 Å². The first-order valence-electron chi connectivity index (χ1n) is 9.10. The first-order chi connectivity index (χ1) is 12.7. The molecule has 0 unspecified atom stereocenters. The third-order valence-corrected chi connectivity index (χ3v) is 5.00. The Morgan fingerprint density at radius 1 is 1.19 bits per heavy atom. The van der Waals surface area contributed by atoms with Gasteiger partial charge in [-0.3, -0.25) is 4.79 Å². The smallest absolute Gasteiger partial charge is 0.276 e. The molecule has 1 amide bonds. The molecule has 1 aliphatic rings. The van der Waals surface area contributed by atoms with Crippen molar-refractivity contribution >= 4 is 5.91 Å². The van der Waals surface area contributed by atoms with E-state index in [1.807, 2.05) is 23.1 Å². The van der Waals surface area contributed by atoms with Gasteiger partial charge in [-0.25, -0.2) is 0 Å². The van der Waals surface area contributed by atoms with Gasteiger partial charge in [-0.15, -0.1) is 0 Å². The van der Waals surface area contributed by atoms with Crippen molar-refractivity contribution in [1.82, 2.24) is 20.3 Å². The molecule has 0 radical (unpaired) electrons. The highest BCUT2D eigenvalue weighted by Crippen LogP contribution is 2.28. The number of H-pyrrole nitrogens is 1. The third kappa shape index (κ3) is 4.15. The maximum absolute atomic E-state index is 12.9. The summed E-state index contributed by atoms with van der Waals surface area (Å²) < 4.78 is 10.7. The summed E-state index contributed by atoms with van der Waals surface area (Å²) in [5.74, 6) is 1.36. The van der Waals surface area contributed by atoms with Gasteiger partial charge >= 0.3 is 0 Å². The molecule has 2 aromatic rings. The molecule has 0 aliphatic heterocycles. The highest BCUT2D eigenvalue weighted by molar-refractivity contribution is 5.92. The molecule has 140 valence electrons. The number of methoxy groups -OCH3 is 2. The van der Waals surface area contributed by atoms with E-state index in [2.05, 4.69) is 15.4 Å². The van der Waals surface area contributed by atoms with Crippen LogP contribution in [0.15, 0.2) is 24.4 Å². The molecule has 1 aromatic carbocycles. The van der Waals surface area contributed by atoms with E-state index >= 15 is 0 Å². The molecule has 26 heavy (non-hydrogen) atoms. The second-order valence-corrected chi connectivity index (χ2v) is 6.58. The second kappa shape index (κ2) is 8.69. The zero-order valence-electron chi connectivity index (χ0n) is 15.4. The average Bonchev–Trinajstić information content (AvgIpc) is 3.23. The van der Waals surface area contributed by atoms with Crippen molar-refractivity contribution in [3.8, 4) is 11.5 Å². The lowest BCUT2D eigenvalue weighted by atomic mass is 9.93. The van der Waals surface area contributed by atoms with Gasteiger partial charge in [0, 0.05) is 12.6 Å². The minimum Gasteiger partial charge on any atom is -0.493 e. The summed E-state index contributed by atoms with van der Waals surface area (Å²) in [6.45, 7) is 0.645. The number of aromatic amines is 1. The zero-order chi connectivity index (χ0) is 18.4. The van der Waals surface area contributed by atoms with Gasteiger partial charge in [0.1, 0.15) is 0 Å². The summed E-state index contributed by atoms with van der Waals surface area (Å²) in [6.07, 6.45) is 7.94. The topological polar surface area (TPSA) is 80.3 Å². The molecule has 0 saturated heterocycles. The third-order valence-electron chi connectivity index (χ3n) is 5.00. The van der Waals surface area contributed by atoms with Crippen LogP contribution in [0.5, 0.6) is 11.5 Å². The molecule has 0 bridgehead atoms. The number of benzene rings is 1. The quantitative estimate of drug-likeness (QED) is 0.823. The fraction of sp³-hybridized carbons (Fsp3) is 0.526. The molecule has 1 saturated carbocycles. The lowest BCUT2D eigenvalue weighted by Gasteiger charge is -2.34. The van der Waals surface area contributed by atoms with E-state index in [1.54, 1.807) is 14.2 Å². The summed E-state index contributed by atoms with van der Waals surface area (Å²) in [5, 5.41) is 10.3. The molecular weight excluding hydrogens is 332 g/mol. The molecule has 0 spiro atoms. The van der Waals surface area contributed by atoms with E-state index < -0.39 is 0 Å². The summed E-state index contributed by atoms with van der Waals surface area (Å²) in [6, 6.07) is 6.16. The number of carbonyl (C=O) groups is 1. The Morgan fingerprint density at radius 3 is 2.62 bits per heavy atom. The maximum Gasteiger partial charge on any atom is 0.276 e. The van der Waals surface area contributed by atoms with Crippen molar-refractivity contribution in [1.29, 1.82) is 0 Å². The fourth-order valence-electron chi connectivity index (χ4n) is 3.58. The molecule has 7 nitrogen and oxygen atoms in total. The Balaban J connectivity index is 1.74. The number of carbonyl (C=O) groups excluding carboxylic acids is 1. The molecular formula is C19H26N4O3. The summed E-state index contributed by atoms with van der Waals surface area (Å²) in [5.41, 5.74) is 1.49. The summed E-state index contributed by atoms with van der Waals surface area (Å²) >= 11 is 0. The number of hydrogen-bond donors (Lipinski definition) is 1. The van der Waals surface area contributed by atoms with Crippen molar-refractivity contribution in [3.63, 3.8) is 0 Å². The SMILES string of the molecule is COc1ccc(CCN(C(=O)c2cn[nH]n2)C2CCCCC2)cc1OC. The molecule has 0 atom stereocenters. The Kier molecular flexibility index (Phi) is 6.09. The molecule has 1 heterocycles. The lowest BCUT2D eigenvalue weighted by molar-refractivity contribution is 0.0631. The molecule has 3 rings (SSSR count). The van der Waals surface area contributed by atoms with Crippen LogP contribution in [0.3, 0.4) is 0 Å². The Hall–Kier alpha value is -2.57. The number of nitrogens with one attached hydrogen (secondary N) is 1. The van der Waals surface area contributed by atoms with E-state index in [0.717, 1.165) is 24.8 Å². The normalized spacial score (nSPS) is 14.8. The number of nitrogens with zero attached hydrogens (tertiary/aromatic N) is 3. The van der Waals surface area contributed by atoms with Crippen LogP contribution in [0.1, 0.15) is 48.2 Å². The predicted molar refractivity (Wildman–Crippen MR) is 97.5 cm³/mol. The van der Waals surface area contributed by atoms with Crippen LogP contribution in [-0.2, 0) is 6.42 Å². The van der Waals surface area contributed by atoms with Gasteiger partial charge in [0.25, 0.3) is 5.91 Å². The van der Waals surface area contributed by atoms with Crippen LogP contribution < -0.4 is 9.47 Å². The van der Waals surface area contributed by atoms with E-state index in [-0.39, 0.29) is 11.9 Å². The summed E-state index contributed by atoms with van der Waals surface area (Å²) in [4.78, 5) is 14.9. The minimum absolute atomic E-state index is 0.0499. The van der Waals surface area contributed by atoms with Gasteiger partial charge in [0.05, 0.1) is 20.4 Å². The zero-order valence-corrected chi connectivity index (χ0v) is 15.4. The van der Waals surface area contributed by atoms with Crippen molar-refractivity contribution < 1.29 is 14.3 Å². The van der Waals surface area contributed by atoms with Crippen molar-refractivity contribution in [2.24, 2.45) is 0 Å². The van der Waals surface area contributed by atoms with Gasteiger partial charge in [-0.2, -0.15) is 15.4 Å². The minimum atomic E-state index is -0.0499. The Labute approximate surface area is 153 Å². The monoisotopic (exact) mass is 358 g/mol. The highest BCUT2D eigenvalue weighted by Gasteiger charge is 2.27. The van der Waals surface area contributed by atoms with Crippen molar-refractivity contribution in [3.05, 3.63) is 35.7 Å². The first kappa shape index (κ1) is 18.2. The fourth-order valence-corrected chi connectivity index (χ4v) is 3.58. The Morgan fingerprint density at radius 2 is 1.96 bits per heavy atom.